The van der Waals surface area contributed by atoms with E-state index in [2.05, 4.69) is 67.2 Å². The molecule has 2 nitrogen and oxygen atoms in total. The SMILES string of the molecule is CC(C)CC(C(=O)N(CC(C)C)C(C)C(C)C)C(C)C. The Labute approximate surface area is 127 Å². The molecule has 2 heteroatoms. The highest BCUT2D eigenvalue weighted by molar-refractivity contribution is 5.79. The van der Waals surface area contributed by atoms with Crippen molar-refractivity contribution in [2.24, 2.45) is 29.6 Å². The highest BCUT2D eigenvalue weighted by Gasteiger charge is 2.31. The van der Waals surface area contributed by atoms with Crippen molar-refractivity contribution < 1.29 is 4.79 Å². The first-order chi connectivity index (χ1) is 9.07. The summed E-state index contributed by atoms with van der Waals surface area (Å²) in [6.45, 7) is 20.6. The third kappa shape index (κ3) is 6.28. The minimum absolute atomic E-state index is 0.162. The molecule has 0 aliphatic rings. The maximum absolute atomic E-state index is 13.0. The van der Waals surface area contributed by atoms with Crippen molar-refractivity contribution in [1.29, 1.82) is 0 Å². The van der Waals surface area contributed by atoms with Crippen molar-refractivity contribution in [3.05, 3.63) is 0 Å². The molecule has 0 fully saturated rings. The standard InChI is InChI=1S/C18H37NO/c1-12(2)10-17(15(7)8)18(20)19(11-13(3)4)16(9)14(5)6/h12-17H,10-11H2,1-9H3. The van der Waals surface area contributed by atoms with Gasteiger partial charge in [-0.1, -0.05) is 55.4 Å². The monoisotopic (exact) mass is 283 g/mol. The van der Waals surface area contributed by atoms with E-state index >= 15 is 0 Å². The Bertz CT molecular complexity index is 281. The molecule has 0 bridgehead atoms. The molecule has 0 radical (unpaired) electrons. The Morgan fingerprint density at radius 3 is 1.60 bits per heavy atom. The lowest BCUT2D eigenvalue weighted by molar-refractivity contribution is -0.141. The highest BCUT2D eigenvalue weighted by atomic mass is 16.2. The van der Waals surface area contributed by atoms with Crippen molar-refractivity contribution >= 4 is 5.91 Å². The van der Waals surface area contributed by atoms with Crippen molar-refractivity contribution in [2.75, 3.05) is 6.54 Å². The van der Waals surface area contributed by atoms with Crippen LogP contribution in [0.2, 0.25) is 0 Å². The van der Waals surface area contributed by atoms with Gasteiger partial charge in [-0.25, -0.2) is 0 Å². The summed E-state index contributed by atoms with van der Waals surface area (Å²) in [4.78, 5) is 15.2. The molecular formula is C18H37NO. The zero-order valence-corrected chi connectivity index (χ0v) is 15.2. The Balaban J connectivity index is 5.15. The van der Waals surface area contributed by atoms with E-state index in [4.69, 9.17) is 0 Å². The van der Waals surface area contributed by atoms with Crippen molar-refractivity contribution in [3.63, 3.8) is 0 Å². The predicted molar refractivity (Wildman–Crippen MR) is 88.6 cm³/mol. The molecule has 0 aromatic rings. The van der Waals surface area contributed by atoms with Crippen molar-refractivity contribution in [3.8, 4) is 0 Å². The van der Waals surface area contributed by atoms with Crippen molar-refractivity contribution in [2.45, 2.75) is 74.8 Å². The third-order valence-corrected chi connectivity index (χ3v) is 4.15. The van der Waals surface area contributed by atoms with Gasteiger partial charge in [-0.2, -0.15) is 0 Å². The minimum Gasteiger partial charge on any atom is -0.339 e. The maximum atomic E-state index is 13.0. The van der Waals surface area contributed by atoms with Crippen LogP contribution in [0.3, 0.4) is 0 Å². The van der Waals surface area contributed by atoms with Gasteiger partial charge in [0, 0.05) is 18.5 Å². The van der Waals surface area contributed by atoms with Crippen LogP contribution < -0.4 is 0 Å². The van der Waals surface area contributed by atoms with E-state index in [0.29, 0.717) is 35.6 Å². The first-order valence-electron chi connectivity index (χ1n) is 8.38. The summed E-state index contributed by atoms with van der Waals surface area (Å²) in [5.74, 6) is 2.54. The van der Waals surface area contributed by atoms with Crippen LogP contribution in [0.1, 0.15) is 68.7 Å². The molecule has 0 spiro atoms. The van der Waals surface area contributed by atoms with Gasteiger partial charge in [0.25, 0.3) is 0 Å². The highest BCUT2D eigenvalue weighted by Crippen LogP contribution is 2.25. The first-order valence-corrected chi connectivity index (χ1v) is 8.38. The van der Waals surface area contributed by atoms with Gasteiger partial charge in [0.2, 0.25) is 5.91 Å². The molecule has 0 aromatic carbocycles. The quantitative estimate of drug-likeness (QED) is 0.624. The van der Waals surface area contributed by atoms with Gasteiger partial charge in [-0.15, -0.1) is 0 Å². The number of carbonyl (C=O) groups excluding carboxylic acids is 1. The molecule has 0 N–H and O–H groups in total. The molecule has 0 heterocycles. The van der Waals surface area contributed by atoms with Gasteiger partial charge in [0.05, 0.1) is 0 Å². The average molecular weight is 284 g/mol. The maximum Gasteiger partial charge on any atom is 0.226 e. The van der Waals surface area contributed by atoms with Gasteiger partial charge in [0.1, 0.15) is 0 Å². The van der Waals surface area contributed by atoms with E-state index in [1.165, 1.54) is 0 Å². The molecule has 2 atom stereocenters. The van der Waals surface area contributed by atoms with E-state index in [9.17, 15) is 4.79 Å². The Morgan fingerprint density at radius 2 is 1.30 bits per heavy atom. The van der Waals surface area contributed by atoms with E-state index in [1.807, 2.05) is 0 Å². The number of nitrogens with zero attached hydrogens (tertiary/aromatic N) is 1. The average Bonchev–Trinajstić information content (AvgIpc) is 2.30. The molecular weight excluding hydrogens is 246 g/mol. The van der Waals surface area contributed by atoms with E-state index in [0.717, 1.165) is 13.0 Å². The zero-order valence-electron chi connectivity index (χ0n) is 15.2. The summed E-state index contributed by atoms with van der Waals surface area (Å²) >= 11 is 0. The van der Waals surface area contributed by atoms with Gasteiger partial charge in [-0.05, 0) is 37.0 Å². The van der Waals surface area contributed by atoms with Crippen LogP contribution in [0.25, 0.3) is 0 Å². The van der Waals surface area contributed by atoms with Gasteiger partial charge in [0.15, 0.2) is 0 Å². The number of amides is 1. The molecule has 120 valence electrons. The molecule has 0 aromatic heterocycles. The van der Waals surface area contributed by atoms with Gasteiger partial charge >= 0.3 is 0 Å². The topological polar surface area (TPSA) is 20.3 Å². The summed E-state index contributed by atoms with van der Waals surface area (Å²) in [6.07, 6.45) is 0.996. The molecule has 1 amide bonds. The number of hydrogen-bond acceptors (Lipinski definition) is 1. The Morgan fingerprint density at radius 1 is 0.800 bits per heavy atom. The van der Waals surface area contributed by atoms with E-state index in [1.54, 1.807) is 0 Å². The molecule has 20 heavy (non-hydrogen) atoms. The van der Waals surface area contributed by atoms with E-state index in [-0.39, 0.29) is 5.92 Å². The minimum atomic E-state index is 0.162. The molecule has 0 aliphatic carbocycles. The van der Waals surface area contributed by atoms with Crippen LogP contribution in [0, 0.1) is 29.6 Å². The number of carbonyl (C=O) groups is 1. The molecule has 0 aliphatic heterocycles. The molecule has 0 saturated carbocycles. The smallest absolute Gasteiger partial charge is 0.226 e. The lowest BCUT2D eigenvalue weighted by Gasteiger charge is -2.37. The lowest BCUT2D eigenvalue weighted by atomic mass is 9.85. The largest absolute Gasteiger partial charge is 0.339 e. The summed E-state index contributed by atoms with van der Waals surface area (Å²) in [5.41, 5.74) is 0. The predicted octanol–water partition coefficient (Wildman–Crippen LogP) is 4.83. The zero-order chi connectivity index (χ0) is 16.0. The molecule has 0 rings (SSSR count). The van der Waals surface area contributed by atoms with Crippen LogP contribution in [0.4, 0.5) is 0 Å². The third-order valence-electron chi connectivity index (χ3n) is 4.15. The second-order valence-electron chi connectivity index (χ2n) is 7.85. The van der Waals surface area contributed by atoms with Gasteiger partial charge < -0.3 is 4.90 Å². The van der Waals surface area contributed by atoms with Crippen LogP contribution in [-0.2, 0) is 4.79 Å². The van der Waals surface area contributed by atoms with Crippen molar-refractivity contribution in [1.82, 2.24) is 4.90 Å². The lowest BCUT2D eigenvalue weighted by Crippen LogP contribution is -2.47. The van der Waals surface area contributed by atoms with Crippen LogP contribution in [0.15, 0.2) is 0 Å². The second-order valence-corrected chi connectivity index (χ2v) is 7.85. The van der Waals surface area contributed by atoms with Crippen LogP contribution in [0.5, 0.6) is 0 Å². The molecule has 0 saturated heterocycles. The summed E-state index contributed by atoms with van der Waals surface area (Å²) in [6, 6.07) is 0.318. The summed E-state index contributed by atoms with van der Waals surface area (Å²) in [5, 5.41) is 0. The Hall–Kier alpha value is -0.530. The fourth-order valence-electron chi connectivity index (χ4n) is 2.59. The fraction of sp³-hybridized carbons (Fsp3) is 0.944. The summed E-state index contributed by atoms with van der Waals surface area (Å²) in [7, 11) is 0. The summed E-state index contributed by atoms with van der Waals surface area (Å²) < 4.78 is 0. The fourth-order valence-corrected chi connectivity index (χ4v) is 2.59. The normalized spacial score (nSPS) is 15.2. The Kier molecular flexibility index (Phi) is 8.46. The number of hydrogen-bond donors (Lipinski definition) is 0. The van der Waals surface area contributed by atoms with E-state index < -0.39 is 0 Å². The van der Waals surface area contributed by atoms with Crippen LogP contribution >= 0.6 is 0 Å². The molecule has 2 unspecified atom stereocenters. The number of rotatable bonds is 8. The second kappa shape index (κ2) is 8.69. The van der Waals surface area contributed by atoms with Crippen LogP contribution in [-0.4, -0.2) is 23.4 Å². The first kappa shape index (κ1) is 19.5. The van der Waals surface area contributed by atoms with Gasteiger partial charge in [-0.3, -0.25) is 4.79 Å².